The molecule has 0 atom stereocenters. The van der Waals surface area contributed by atoms with Crippen LogP contribution in [0.25, 0.3) is 0 Å². The van der Waals surface area contributed by atoms with Gasteiger partial charge in [0.05, 0.1) is 15.7 Å². The van der Waals surface area contributed by atoms with Gasteiger partial charge in [-0.05, 0) is 26.0 Å². The van der Waals surface area contributed by atoms with Crippen LogP contribution in [0.4, 0.5) is 0 Å². The number of benzene rings is 1. The van der Waals surface area contributed by atoms with Crippen LogP contribution in [0.15, 0.2) is 24.3 Å². The molecule has 2 rings (SSSR count). The molecule has 0 aliphatic rings. The minimum atomic E-state index is 0.403. The number of nitriles is 1. The van der Waals surface area contributed by atoms with Crippen molar-refractivity contribution in [3.63, 3.8) is 0 Å². The Balaban J connectivity index is 2.43. The standard InChI is InChI=1S/C14H10Cl2N2O/c1-8-5-14(11(7-17)9(2)18-8)19-10-3-4-12(15)13(16)6-10/h3-6H,1-2H3. The molecule has 0 aliphatic carbocycles. The number of rotatable bonds is 2. The molecule has 0 radical (unpaired) electrons. The lowest BCUT2D eigenvalue weighted by Gasteiger charge is -2.10. The predicted molar refractivity (Wildman–Crippen MR) is 75.0 cm³/mol. The van der Waals surface area contributed by atoms with Crippen LogP contribution in [-0.2, 0) is 0 Å². The zero-order chi connectivity index (χ0) is 14.0. The monoisotopic (exact) mass is 292 g/mol. The van der Waals surface area contributed by atoms with Gasteiger partial charge >= 0.3 is 0 Å². The third-order valence-corrected chi connectivity index (χ3v) is 3.26. The molecule has 0 spiro atoms. The zero-order valence-corrected chi connectivity index (χ0v) is 11.9. The largest absolute Gasteiger partial charge is 0.456 e. The maximum Gasteiger partial charge on any atom is 0.148 e. The molecule has 0 aliphatic heterocycles. The summed E-state index contributed by atoms with van der Waals surface area (Å²) in [6, 6.07) is 8.75. The van der Waals surface area contributed by atoms with Crippen molar-refractivity contribution in [1.29, 1.82) is 5.26 Å². The smallest absolute Gasteiger partial charge is 0.148 e. The summed E-state index contributed by atoms with van der Waals surface area (Å²) in [6.45, 7) is 3.61. The lowest BCUT2D eigenvalue weighted by atomic mass is 10.2. The normalized spacial score (nSPS) is 10.1. The van der Waals surface area contributed by atoms with Gasteiger partial charge in [-0.1, -0.05) is 23.2 Å². The highest BCUT2D eigenvalue weighted by Gasteiger charge is 2.11. The molecule has 19 heavy (non-hydrogen) atoms. The van der Waals surface area contributed by atoms with Gasteiger partial charge < -0.3 is 4.74 Å². The Labute approximate surface area is 121 Å². The second kappa shape index (κ2) is 5.48. The minimum Gasteiger partial charge on any atom is -0.456 e. The Morgan fingerprint density at radius 1 is 1.16 bits per heavy atom. The van der Waals surface area contributed by atoms with E-state index in [1.807, 2.05) is 6.92 Å². The van der Waals surface area contributed by atoms with Gasteiger partial charge in [0, 0.05) is 17.8 Å². The van der Waals surface area contributed by atoms with Gasteiger partial charge in [0.15, 0.2) is 0 Å². The maximum atomic E-state index is 9.15. The van der Waals surface area contributed by atoms with Crippen molar-refractivity contribution in [1.82, 2.24) is 4.98 Å². The quantitative estimate of drug-likeness (QED) is 0.808. The van der Waals surface area contributed by atoms with Gasteiger partial charge in [-0.25, -0.2) is 0 Å². The molecule has 0 saturated heterocycles. The van der Waals surface area contributed by atoms with Crippen molar-refractivity contribution in [3.8, 4) is 17.6 Å². The predicted octanol–water partition coefficient (Wildman–Crippen LogP) is 4.67. The van der Waals surface area contributed by atoms with E-state index >= 15 is 0 Å². The first-order valence-corrected chi connectivity index (χ1v) is 6.28. The summed E-state index contributed by atoms with van der Waals surface area (Å²) < 4.78 is 5.69. The molecule has 3 nitrogen and oxygen atoms in total. The fraction of sp³-hybridized carbons (Fsp3) is 0.143. The van der Waals surface area contributed by atoms with Gasteiger partial charge in [-0.15, -0.1) is 0 Å². The van der Waals surface area contributed by atoms with Crippen molar-refractivity contribution in [2.24, 2.45) is 0 Å². The number of hydrogen-bond donors (Lipinski definition) is 0. The number of pyridine rings is 1. The van der Waals surface area contributed by atoms with Crippen molar-refractivity contribution in [2.45, 2.75) is 13.8 Å². The summed E-state index contributed by atoms with van der Waals surface area (Å²) in [5, 5.41) is 10.0. The molecule has 0 N–H and O–H groups in total. The van der Waals surface area contributed by atoms with E-state index in [4.69, 9.17) is 33.2 Å². The molecule has 0 saturated carbocycles. The van der Waals surface area contributed by atoms with Crippen LogP contribution in [0.3, 0.4) is 0 Å². The van der Waals surface area contributed by atoms with Crippen molar-refractivity contribution >= 4 is 23.2 Å². The van der Waals surface area contributed by atoms with Crippen molar-refractivity contribution in [3.05, 3.63) is 51.3 Å². The molecular weight excluding hydrogens is 283 g/mol. The van der Waals surface area contributed by atoms with Crippen LogP contribution < -0.4 is 4.74 Å². The first-order chi connectivity index (χ1) is 9.01. The second-order valence-electron chi connectivity index (χ2n) is 4.01. The van der Waals surface area contributed by atoms with Gasteiger partial charge in [-0.2, -0.15) is 5.26 Å². The number of hydrogen-bond acceptors (Lipinski definition) is 3. The number of nitrogens with zero attached hydrogens (tertiary/aromatic N) is 2. The molecule has 0 amide bonds. The Morgan fingerprint density at radius 3 is 2.53 bits per heavy atom. The summed E-state index contributed by atoms with van der Waals surface area (Å²) in [7, 11) is 0. The van der Waals surface area contributed by atoms with Gasteiger partial charge in [0.1, 0.15) is 23.1 Å². The highest BCUT2D eigenvalue weighted by atomic mass is 35.5. The number of halogens is 2. The van der Waals surface area contributed by atoms with E-state index in [1.165, 1.54) is 0 Å². The SMILES string of the molecule is Cc1cc(Oc2ccc(Cl)c(Cl)c2)c(C#N)c(C)n1. The topological polar surface area (TPSA) is 45.9 Å². The lowest BCUT2D eigenvalue weighted by Crippen LogP contribution is -1.96. The summed E-state index contributed by atoms with van der Waals surface area (Å²) in [5.74, 6) is 0.988. The van der Waals surface area contributed by atoms with E-state index in [2.05, 4.69) is 11.1 Å². The molecule has 1 aromatic heterocycles. The lowest BCUT2D eigenvalue weighted by molar-refractivity contribution is 0.479. The third-order valence-electron chi connectivity index (χ3n) is 2.52. The van der Waals surface area contributed by atoms with Crippen LogP contribution in [0.5, 0.6) is 11.5 Å². The number of ether oxygens (including phenoxy) is 1. The first kappa shape index (κ1) is 13.7. The fourth-order valence-electron chi connectivity index (χ4n) is 1.68. The minimum absolute atomic E-state index is 0.403. The van der Waals surface area contributed by atoms with E-state index in [0.717, 1.165) is 5.69 Å². The van der Waals surface area contributed by atoms with E-state index in [9.17, 15) is 0 Å². The first-order valence-electron chi connectivity index (χ1n) is 5.52. The maximum absolute atomic E-state index is 9.15. The summed E-state index contributed by atoms with van der Waals surface area (Å²) >= 11 is 11.8. The molecule has 1 aromatic carbocycles. The van der Waals surface area contributed by atoms with Crippen molar-refractivity contribution in [2.75, 3.05) is 0 Å². The Bertz CT molecular complexity index is 678. The van der Waals surface area contributed by atoms with Gasteiger partial charge in [0.2, 0.25) is 0 Å². The highest BCUT2D eigenvalue weighted by molar-refractivity contribution is 6.42. The van der Waals surface area contributed by atoms with Crippen LogP contribution in [0, 0.1) is 25.2 Å². The van der Waals surface area contributed by atoms with Crippen LogP contribution >= 0.6 is 23.2 Å². The Morgan fingerprint density at radius 2 is 1.89 bits per heavy atom. The van der Waals surface area contributed by atoms with E-state index in [-0.39, 0.29) is 0 Å². The average Bonchev–Trinajstić information content (AvgIpc) is 2.33. The van der Waals surface area contributed by atoms with Crippen LogP contribution in [0.2, 0.25) is 10.0 Å². The Kier molecular flexibility index (Phi) is 3.94. The third kappa shape index (κ3) is 2.98. The molecule has 5 heteroatoms. The van der Waals surface area contributed by atoms with E-state index in [0.29, 0.717) is 32.8 Å². The molecule has 96 valence electrons. The Hall–Kier alpha value is -1.76. The number of aromatic nitrogens is 1. The fourth-order valence-corrected chi connectivity index (χ4v) is 1.96. The van der Waals surface area contributed by atoms with Gasteiger partial charge in [-0.3, -0.25) is 4.98 Å². The summed E-state index contributed by atoms with van der Waals surface area (Å²) in [5.41, 5.74) is 1.83. The molecular formula is C14H10Cl2N2O. The highest BCUT2D eigenvalue weighted by Crippen LogP contribution is 2.31. The summed E-state index contributed by atoms with van der Waals surface area (Å²) in [4.78, 5) is 4.23. The molecule has 2 aromatic rings. The molecule has 1 heterocycles. The second-order valence-corrected chi connectivity index (χ2v) is 4.83. The summed E-state index contributed by atoms with van der Waals surface area (Å²) in [6.07, 6.45) is 0. The van der Waals surface area contributed by atoms with Crippen LogP contribution in [0.1, 0.15) is 17.0 Å². The van der Waals surface area contributed by atoms with Crippen LogP contribution in [-0.4, -0.2) is 4.98 Å². The molecule has 0 unspecified atom stereocenters. The zero-order valence-electron chi connectivity index (χ0n) is 10.4. The number of aryl methyl sites for hydroxylation is 2. The van der Waals surface area contributed by atoms with Gasteiger partial charge in [0.25, 0.3) is 0 Å². The van der Waals surface area contributed by atoms with E-state index in [1.54, 1.807) is 31.2 Å². The molecule has 0 fully saturated rings. The molecule has 0 bridgehead atoms. The average molecular weight is 293 g/mol. The van der Waals surface area contributed by atoms with E-state index < -0.39 is 0 Å². The van der Waals surface area contributed by atoms with Crippen molar-refractivity contribution < 1.29 is 4.74 Å².